The second kappa shape index (κ2) is 4.35. The number of carboxylic acids is 1. The van der Waals surface area contributed by atoms with Crippen molar-refractivity contribution in [3.05, 3.63) is 24.2 Å². The zero-order chi connectivity index (χ0) is 12.7. The number of hydrogen-bond donors (Lipinski definition) is 1. The number of aliphatic carboxylic acids is 1. The first-order chi connectivity index (χ1) is 8.68. The third-order valence-electron chi connectivity index (χ3n) is 3.29. The molecule has 1 aromatic rings. The van der Waals surface area contributed by atoms with E-state index in [0.29, 0.717) is 5.75 Å². The number of carboxylic acid groups (broad SMARTS) is 1. The van der Waals surface area contributed by atoms with Gasteiger partial charge < -0.3 is 14.4 Å². The molecule has 0 bridgehead atoms. The molecule has 1 saturated carbocycles. The van der Waals surface area contributed by atoms with Crippen molar-refractivity contribution in [2.24, 2.45) is 5.92 Å². The molecule has 1 saturated heterocycles. The van der Waals surface area contributed by atoms with Gasteiger partial charge in [-0.2, -0.15) is 0 Å². The molecule has 0 spiro atoms. The van der Waals surface area contributed by atoms with Crippen LogP contribution in [0.2, 0.25) is 0 Å². The second-order valence-corrected chi connectivity index (χ2v) is 5.73. The second-order valence-electron chi connectivity index (χ2n) is 4.62. The summed E-state index contributed by atoms with van der Waals surface area (Å²) in [6, 6.07) is 1.07. The third-order valence-corrected chi connectivity index (χ3v) is 4.62. The fourth-order valence-electron chi connectivity index (χ4n) is 2.18. The summed E-state index contributed by atoms with van der Waals surface area (Å²) in [7, 11) is 0. The molecular formula is C12H13NO4S. The lowest BCUT2D eigenvalue weighted by molar-refractivity contribution is -0.149. The van der Waals surface area contributed by atoms with Crippen molar-refractivity contribution in [3.63, 3.8) is 0 Å². The van der Waals surface area contributed by atoms with Crippen LogP contribution in [0.3, 0.4) is 0 Å². The molecule has 3 rings (SSSR count). The lowest BCUT2D eigenvalue weighted by atomic mass is 10.2. The maximum absolute atomic E-state index is 12.2. The van der Waals surface area contributed by atoms with Crippen LogP contribution in [0.1, 0.15) is 23.8 Å². The van der Waals surface area contributed by atoms with Crippen molar-refractivity contribution in [3.8, 4) is 0 Å². The van der Waals surface area contributed by atoms with E-state index in [9.17, 15) is 14.7 Å². The summed E-state index contributed by atoms with van der Waals surface area (Å²) in [5, 5.41) is 9.00. The summed E-state index contributed by atoms with van der Waals surface area (Å²) in [5.74, 6) is -0.495. The van der Waals surface area contributed by atoms with E-state index in [0.717, 1.165) is 18.4 Å². The number of nitrogens with zero attached hydrogens (tertiary/aromatic N) is 1. The number of thioether (sulfide) groups is 1. The zero-order valence-electron chi connectivity index (χ0n) is 9.61. The van der Waals surface area contributed by atoms with Crippen molar-refractivity contribution in [2.45, 2.75) is 24.3 Å². The highest BCUT2D eigenvalue weighted by Crippen LogP contribution is 2.45. The first-order valence-electron chi connectivity index (χ1n) is 5.87. The van der Waals surface area contributed by atoms with Gasteiger partial charge in [-0.15, -0.1) is 11.8 Å². The topological polar surface area (TPSA) is 70.8 Å². The van der Waals surface area contributed by atoms with Crippen LogP contribution in [0.15, 0.2) is 23.0 Å². The minimum Gasteiger partial charge on any atom is -0.480 e. The molecule has 5 nitrogen and oxygen atoms in total. The van der Waals surface area contributed by atoms with E-state index in [1.807, 2.05) is 0 Å². The summed E-state index contributed by atoms with van der Waals surface area (Å²) >= 11 is 1.48. The lowest BCUT2D eigenvalue weighted by Crippen LogP contribution is -2.43. The van der Waals surface area contributed by atoms with E-state index in [-0.39, 0.29) is 17.2 Å². The van der Waals surface area contributed by atoms with Crippen molar-refractivity contribution >= 4 is 23.6 Å². The lowest BCUT2D eigenvalue weighted by Gasteiger charge is -2.26. The molecule has 1 aromatic heterocycles. The van der Waals surface area contributed by atoms with E-state index in [4.69, 9.17) is 4.42 Å². The number of amides is 1. The van der Waals surface area contributed by atoms with Crippen LogP contribution in [0.25, 0.3) is 0 Å². The molecule has 2 unspecified atom stereocenters. The molecule has 1 N–H and O–H groups in total. The van der Waals surface area contributed by atoms with Gasteiger partial charge in [-0.05, 0) is 18.9 Å². The van der Waals surface area contributed by atoms with Crippen molar-refractivity contribution in [2.75, 3.05) is 5.75 Å². The Morgan fingerprint density at radius 1 is 1.44 bits per heavy atom. The maximum Gasteiger partial charge on any atom is 0.327 e. The van der Waals surface area contributed by atoms with Gasteiger partial charge >= 0.3 is 5.97 Å². The van der Waals surface area contributed by atoms with E-state index in [1.54, 1.807) is 18.6 Å². The largest absolute Gasteiger partial charge is 0.480 e. The third kappa shape index (κ3) is 1.90. The summed E-state index contributed by atoms with van der Waals surface area (Å²) < 4.78 is 5.03. The Morgan fingerprint density at radius 2 is 2.22 bits per heavy atom. The minimum absolute atomic E-state index is 0.0277. The van der Waals surface area contributed by atoms with Gasteiger partial charge in [0, 0.05) is 17.2 Å². The molecule has 2 aliphatic rings. The van der Waals surface area contributed by atoms with E-state index in [2.05, 4.69) is 0 Å². The SMILES string of the molecule is O=C(O)C1CSC(c2ccoc2)N1C(=O)C1CC1. The van der Waals surface area contributed by atoms with Gasteiger partial charge in [0.15, 0.2) is 0 Å². The first-order valence-corrected chi connectivity index (χ1v) is 6.92. The smallest absolute Gasteiger partial charge is 0.327 e. The van der Waals surface area contributed by atoms with Crippen LogP contribution in [0.4, 0.5) is 0 Å². The molecule has 1 amide bonds. The molecule has 6 heteroatoms. The summed E-state index contributed by atoms with van der Waals surface area (Å²) in [6.45, 7) is 0. The number of carbonyl (C=O) groups is 2. The quantitative estimate of drug-likeness (QED) is 0.902. The highest BCUT2D eigenvalue weighted by Gasteiger charge is 2.46. The van der Waals surface area contributed by atoms with Crippen LogP contribution in [0, 0.1) is 5.92 Å². The maximum atomic E-state index is 12.2. The van der Waals surface area contributed by atoms with Crippen LogP contribution < -0.4 is 0 Å². The molecule has 1 aliphatic carbocycles. The predicted molar refractivity (Wildman–Crippen MR) is 64.9 cm³/mol. The van der Waals surface area contributed by atoms with Crippen molar-refractivity contribution < 1.29 is 19.1 Å². The average molecular weight is 267 g/mol. The van der Waals surface area contributed by atoms with Crippen molar-refractivity contribution in [1.82, 2.24) is 4.90 Å². The fraction of sp³-hybridized carbons (Fsp3) is 0.500. The molecule has 0 radical (unpaired) electrons. The molecule has 96 valence electrons. The highest BCUT2D eigenvalue weighted by molar-refractivity contribution is 7.99. The first kappa shape index (κ1) is 11.6. The van der Waals surface area contributed by atoms with Gasteiger partial charge in [-0.1, -0.05) is 0 Å². The van der Waals surface area contributed by atoms with Gasteiger partial charge in [-0.25, -0.2) is 4.79 Å². The van der Waals surface area contributed by atoms with Gasteiger partial charge in [0.05, 0.1) is 12.5 Å². The summed E-state index contributed by atoms with van der Waals surface area (Å²) in [6.07, 6.45) is 4.88. The Bertz CT molecular complexity index is 468. The number of hydrogen-bond acceptors (Lipinski definition) is 4. The van der Waals surface area contributed by atoms with Gasteiger partial charge in [0.2, 0.25) is 5.91 Å². The van der Waals surface area contributed by atoms with E-state index < -0.39 is 12.0 Å². The van der Waals surface area contributed by atoms with Crippen LogP contribution in [-0.2, 0) is 9.59 Å². The van der Waals surface area contributed by atoms with Crippen molar-refractivity contribution in [1.29, 1.82) is 0 Å². The van der Waals surface area contributed by atoms with Gasteiger partial charge in [-0.3, -0.25) is 4.79 Å². The monoisotopic (exact) mass is 267 g/mol. The molecule has 2 fully saturated rings. The van der Waals surface area contributed by atoms with E-state index >= 15 is 0 Å². The number of furan rings is 1. The highest BCUT2D eigenvalue weighted by atomic mass is 32.2. The van der Waals surface area contributed by atoms with Gasteiger partial charge in [0.25, 0.3) is 0 Å². The molecule has 1 aliphatic heterocycles. The van der Waals surface area contributed by atoms with Crippen LogP contribution in [0.5, 0.6) is 0 Å². The molecule has 18 heavy (non-hydrogen) atoms. The summed E-state index contributed by atoms with van der Waals surface area (Å²) in [4.78, 5) is 25.0. The predicted octanol–water partition coefficient (Wildman–Crippen LogP) is 1.72. The Balaban J connectivity index is 1.89. The Hall–Kier alpha value is -1.43. The number of rotatable bonds is 3. The van der Waals surface area contributed by atoms with Crippen LogP contribution >= 0.6 is 11.8 Å². The van der Waals surface area contributed by atoms with Crippen LogP contribution in [-0.4, -0.2) is 33.7 Å². The average Bonchev–Trinajstić information content (AvgIpc) is 2.90. The normalized spacial score (nSPS) is 27.4. The van der Waals surface area contributed by atoms with E-state index in [1.165, 1.54) is 16.7 Å². The molecular weight excluding hydrogens is 254 g/mol. The Labute approximate surface area is 108 Å². The molecule has 0 aromatic carbocycles. The fourth-order valence-corrected chi connectivity index (χ4v) is 3.58. The standard InChI is InChI=1S/C12H13NO4S/c14-10(7-1-2-7)13-9(12(15)16)6-18-11(13)8-3-4-17-5-8/h3-5,7,9,11H,1-2,6H2,(H,15,16). The molecule has 2 atom stereocenters. The Morgan fingerprint density at radius 3 is 2.78 bits per heavy atom. The summed E-state index contributed by atoms with van der Waals surface area (Å²) in [5.41, 5.74) is 0.859. The van der Waals surface area contributed by atoms with Gasteiger partial charge in [0.1, 0.15) is 11.4 Å². The minimum atomic E-state index is -0.928. The zero-order valence-corrected chi connectivity index (χ0v) is 10.4. The molecule has 2 heterocycles. The Kier molecular flexibility index (Phi) is 2.81. The number of carbonyl (C=O) groups excluding carboxylic acids is 1.